The summed E-state index contributed by atoms with van der Waals surface area (Å²) in [6.07, 6.45) is 5.38. The van der Waals surface area contributed by atoms with E-state index in [9.17, 15) is 0 Å². The molecule has 0 heterocycles. The predicted molar refractivity (Wildman–Crippen MR) is 43.1 cm³/mol. The van der Waals surface area contributed by atoms with Crippen LogP contribution in [0.25, 0.3) is 0 Å². The van der Waals surface area contributed by atoms with Gasteiger partial charge in [0.1, 0.15) is 9.12 Å². The largest absolute Gasteiger partial charge is 0.279 e. The smallest absolute Gasteiger partial charge is 0.138 e. The Balaban J connectivity index is 0. The third-order valence-electron chi connectivity index (χ3n) is 0.808. The maximum absolute atomic E-state index is 8.06. The molecule has 0 aliphatic rings. The van der Waals surface area contributed by atoms with Crippen molar-refractivity contribution in [1.29, 1.82) is 0 Å². The van der Waals surface area contributed by atoms with Crippen molar-refractivity contribution in [2.24, 2.45) is 0 Å². The summed E-state index contributed by atoms with van der Waals surface area (Å²) in [6, 6.07) is 0. The number of rotatable bonds is 3. The molecule has 0 saturated carbocycles. The molecule has 3 heteroatoms. The van der Waals surface area contributed by atoms with Gasteiger partial charge in [0.15, 0.2) is 0 Å². The Morgan fingerprint density at radius 1 is 1.38 bits per heavy atom. The van der Waals surface area contributed by atoms with Crippen molar-refractivity contribution in [1.82, 2.24) is 0 Å². The van der Waals surface area contributed by atoms with Crippen LogP contribution in [-0.2, 0) is 4.57 Å². The summed E-state index contributed by atoms with van der Waals surface area (Å²) in [5.41, 5.74) is 0. The van der Waals surface area contributed by atoms with Crippen molar-refractivity contribution in [2.75, 3.05) is 6.16 Å². The van der Waals surface area contributed by atoms with E-state index in [0.717, 1.165) is 0 Å². The first-order chi connectivity index (χ1) is 3.91. The standard InChI is InChI=1S/C5H13P.HOP/c1-2-3-4-5-6;1-2/h2-6H2,1H3;2H. The van der Waals surface area contributed by atoms with Crippen molar-refractivity contribution < 1.29 is 4.57 Å². The van der Waals surface area contributed by atoms with Crippen LogP contribution in [0, 0.1) is 0 Å². The van der Waals surface area contributed by atoms with E-state index in [4.69, 9.17) is 4.57 Å². The number of hydrogen-bond acceptors (Lipinski definition) is 1. The zero-order chi connectivity index (χ0) is 6.83. The first-order valence-corrected chi connectivity index (χ1v) is 4.04. The molecular formula is C5H14OP2. The van der Waals surface area contributed by atoms with Crippen LogP contribution in [0.5, 0.6) is 0 Å². The highest BCUT2D eigenvalue weighted by atomic mass is 31.0. The molecule has 1 unspecified atom stereocenters. The number of unbranched alkanes of at least 4 members (excludes halogenated alkanes) is 2. The molecule has 0 spiro atoms. The van der Waals surface area contributed by atoms with E-state index in [1.807, 2.05) is 0 Å². The third-order valence-corrected chi connectivity index (χ3v) is 1.22. The van der Waals surface area contributed by atoms with Crippen molar-refractivity contribution in [3.8, 4) is 0 Å². The molecule has 50 valence electrons. The summed E-state index contributed by atoms with van der Waals surface area (Å²) in [5.74, 6) is 0. The molecule has 0 aliphatic carbocycles. The number of hydrogen-bond donors (Lipinski definition) is 0. The molecule has 0 aliphatic heterocycles. The summed E-state index contributed by atoms with van der Waals surface area (Å²) >= 11 is 0. The van der Waals surface area contributed by atoms with Gasteiger partial charge in [0.2, 0.25) is 0 Å². The van der Waals surface area contributed by atoms with Gasteiger partial charge in [0, 0.05) is 0 Å². The molecule has 0 radical (unpaired) electrons. The van der Waals surface area contributed by atoms with Crippen LogP contribution < -0.4 is 0 Å². The van der Waals surface area contributed by atoms with Crippen molar-refractivity contribution >= 4 is 18.4 Å². The maximum atomic E-state index is 8.06. The molecule has 0 N–H and O–H groups in total. The first kappa shape index (κ1) is 11.3. The first-order valence-electron chi connectivity index (χ1n) is 2.82. The van der Waals surface area contributed by atoms with Gasteiger partial charge in [-0.15, -0.1) is 9.24 Å². The molecule has 0 aromatic heterocycles. The summed E-state index contributed by atoms with van der Waals surface area (Å²) < 4.78 is 8.06. The van der Waals surface area contributed by atoms with Gasteiger partial charge in [0.05, 0.1) is 0 Å². The molecule has 0 aromatic rings. The Morgan fingerprint density at radius 2 is 1.88 bits per heavy atom. The monoisotopic (exact) mass is 152 g/mol. The minimum atomic E-state index is 1.27. The Labute approximate surface area is 56.1 Å². The lowest BCUT2D eigenvalue weighted by atomic mass is 10.3. The van der Waals surface area contributed by atoms with Crippen LogP contribution in [0.1, 0.15) is 26.2 Å². The third kappa shape index (κ3) is 16.0. The average Bonchev–Trinajstić information content (AvgIpc) is 1.88. The van der Waals surface area contributed by atoms with E-state index in [0.29, 0.717) is 0 Å². The fraction of sp³-hybridized carbons (Fsp3) is 1.00. The van der Waals surface area contributed by atoms with E-state index < -0.39 is 0 Å². The minimum absolute atomic E-state index is 1.27. The molecule has 1 nitrogen and oxygen atoms in total. The van der Waals surface area contributed by atoms with Gasteiger partial charge in [0.25, 0.3) is 0 Å². The second kappa shape index (κ2) is 15.6. The SMILES string of the molecule is CCCCCP.O=P. The minimum Gasteiger partial charge on any atom is -0.279 e. The Kier molecular flexibility index (Phi) is 22.2. The van der Waals surface area contributed by atoms with Crippen molar-refractivity contribution in [3.05, 3.63) is 0 Å². The topological polar surface area (TPSA) is 17.1 Å². The van der Waals surface area contributed by atoms with Gasteiger partial charge >= 0.3 is 0 Å². The van der Waals surface area contributed by atoms with Crippen molar-refractivity contribution in [2.45, 2.75) is 26.2 Å². The molecule has 0 fully saturated rings. The highest BCUT2D eigenvalue weighted by Crippen LogP contribution is 1.95. The van der Waals surface area contributed by atoms with Crippen LogP contribution in [0.3, 0.4) is 0 Å². The van der Waals surface area contributed by atoms with E-state index >= 15 is 0 Å². The Hall–Kier alpha value is 0.530. The molecule has 0 aromatic carbocycles. The van der Waals surface area contributed by atoms with Crippen LogP contribution in [0.15, 0.2) is 0 Å². The average molecular weight is 152 g/mol. The molecule has 8 heavy (non-hydrogen) atoms. The van der Waals surface area contributed by atoms with E-state index in [1.54, 1.807) is 9.12 Å². The van der Waals surface area contributed by atoms with Gasteiger partial charge in [-0.25, -0.2) is 0 Å². The van der Waals surface area contributed by atoms with Gasteiger partial charge in [-0.3, -0.25) is 4.57 Å². The second-order valence-corrected chi connectivity index (χ2v) is 2.07. The molecule has 0 rings (SSSR count). The van der Waals surface area contributed by atoms with E-state index in [2.05, 4.69) is 16.2 Å². The lowest BCUT2D eigenvalue weighted by Crippen LogP contribution is -1.70. The van der Waals surface area contributed by atoms with Crippen LogP contribution in [0.4, 0.5) is 0 Å². The van der Waals surface area contributed by atoms with Crippen LogP contribution in [0.2, 0.25) is 0 Å². The van der Waals surface area contributed by atoms with E-state index in [1.165, 1.54) is 25.4 Å². The van der Waals surface area contributed by atoms with Gasteiger partial charge in [-0.05, 0) is 12.6 Å². The van der Waals surface area contributed by atoms with Crippen molar-refractivity contribution in [3.63, 3.8) is 0 Å². The Bertz CT molecular complexity index is 29.6. The molecule has 0 bridgehead atoms. The summed E-state index contributed by atoms with van der Waals surface area (Å²) in [6.45, 7) is 2.22. The zero-order valence-electron chi connectivity index (χ0n) is 5.31. The fourth-order valence-corrected chi connectivity index (χ4v) is 0.683. The summed E-state index contributed by atoms with van der Waals surface area (Å²) in [5, 5.41) is 0. The molecule has 1 atom stereocenters. The van der Waals surface area contributed by atoms with Gasteiger partial charge in [-0.2, -0.15) is 0 Å². The zero-order valence-corrected chi connectivity index (χ0v) is 7.47. The summed E-state index contributed by atoms with van der Waals surface area (Å²) in [4.78, 5) is 0. The quantitative estimate of drug-likeness (QED) is 0.448. The van der Waals surface area contributed by atoms with Gasteiger partial charge < -0.3 is 0 Å². The molecule has 0 saturated heterocycles. The normalized spacial score (nSPS) is 7.25. The molecular weight excluding hydrogens is 138 g/mol. The van der Waals surface area contributed by atoms with E-state index in [-0.39, 0.29) is 0 Å². The second-order valence-electron chi connectivity index (χ2n) is 1.50. The highest BCUT2D eigenvalue weighted by molar-refractivity contribution is 7.16. The Morgan fingerprint density at radius 3 is 2.00 bits per heavy atom. The lowest BCUT2D eigenvalue weighted by Gasteiger charge is -1.86. The van der Waals surface area contributed by atoms with Gasteiger partial charge in [-0.1, -0.05) is 19.8 Å². The maximum Gasteiger partial charge on any atom is 0.138 e. The fourth-order valence-electron chi connectivity index (χ4n) is 0.394. The van der Waals surface area contributed by atoms with Crippen LogP contribution in [-0.4, -0.2) is 6.16 Å². The lowest BCUT2D eigenvalue weighted by molar-refractivity contribution is 0.607. The highest BCUT2D eigenvalue weighted by Gasteiger charge is 1.75. The van der Waals surface area contributed by atoms with Crippen LogP contribution >= 0.6 is 18.4 Å². The summed E-state index contributed by atoms with van der Waals surface area (Å²) in [7, 11) is 4.45. The molecule has 0 amide bonds. The predicted octanol–water partition coefficient (Wildman–Crippen LogP) is 2.53.